The molecule has 0 aromatic heterocycles. The number of hydrogen-bond donors (Lipinski definition) is 1. The number of halogens is 7. The number of rotatable bonds is 3. The maximum atomic E-state index is 15.2. The lowest BCUT2D eigenvalue weighted by Gasteiger charge is -2.58. The summed E-state index contributed by atoms with van der Waals surface area (Å²) >= 11 is 0. The predicted molar refractivity (Wildman–Crippen MR) is 81.7 cm³/mol. The van der Waals surface area contributed by atoms with Crippen LogP contribution in [0, 0.1) is 5.92 Å². The van der Waals surface area contributed by atoms with Crippen LogP contribution in [0.25, 0.3) is 0 Å². The van der Waals surface area contributed by atoms with Gasteiger partial charge in [-0.15, -0.1) is 0 Å². The van der Waals surface area contributed by atoms with Crippen LogP contribution < -0.4 is 0 Å². The summed E-state index contributed by atoms with van der Waals surface area (Å²) in [4.78, 5) is 12.0. The third-order valence-corrected chi connectivity index (χ3v) is 5.30. The monoisotopic (exact) mass is 422 g/mol. The summed E-state index contributed by atoms with van der Waals surface area (Å²) < 4.78 is 109. The van der Waals surface area contributed by atoms with E-state index >= 15 is 17.6 Å². The minimum atomic E-state index is -5.82. The van der Waals surface area contributed by atoms with Crippen molar-refractivity contribution in [1.82, 2.24) is 0 Å². The van der Waals surface area contributed by atoms with E-state index in [-0.39, 0.29) is 32.6 Å². The second-order valence-electron chi connectivity index (χ2n) is 7.46. The molecule has 3 atom stereocenters. The van der Waals surface area contributed by atoms with Crippen molar-refractivity contribution in [3.05, 3.63) is 12.2 Å². The molecule has 3 unspecified atom stereocenters. The molecule has 0 spiro atoms. The highest BCUT2D eigenvalue weighted by molar-refractivity contribution is 5.87. The average molecular weight is 422 g/mol. The van der Waals surface area contributed by atoms with E-state index in [9.17, 15) is 23.1 Å². The van der Waals surface area contributed by atoms with Gasteiger partial charge in [0.1, 0.15) is 0 Å². The number of aliphatic hydroxyl groups is 1. The van der Waals surface area contributed by atoms with Crippen molar-refractivity contribution in [1.29, 1.82) is 0 Å². The molecule has 4 nitrogen and oxygen atoms in total. The van der Waals surface area contributed by atoms with E-state index in [1.54, 1.807) is 0 Å². The molecule has 1 N–H and O–H groups in total. The van der Waals surface area contributed by atoms with Gasteiger partial charge >= 0.3 is 24.0 Å². The molecule has 1 saturated heterocycles. The van der Waals surface area contributed by atoms with Crippen molar-refractivity contribution in [2.75, 3.05) is 0 Å². The molecule has 1 saturated carbocycles. The van der Waals surface area contributed by atoms with Crippen LogP contribution in [-0.4, -0.2) is 46.6 Å². The van der Waals surface area contributed by atoms with Crippen molar-refractivity contribution in [2.24, 2.45) is 5.92 Å². The first kappa shape index (κ1) is 22.9. The number of esters is 1. The van der Waals surface area contributed by atoms with Crippen LogP contribution in [0.4, 0.5) is 30.7 Å². The van der Waals surface area contributed by atoms with E-state index in [4.69, 9.17) is 0 Å². The van der Waals surface area contributed by atoms with E-state index < -0.39 is 53.0 Å². The molecule has 2 fully saturated rings. The zero-order valence-corrected chi connectivity index (χ0v) is 15.2. The third kappa shape index (κ3) is 3.20. The highest BCUT2D eigenvalue weighted by Gasteiger charge is 2.88. The fourth-order valence-electron chi connectivity index (χ4n) is 3.88. The topological polar surface area (TPSA) is 55.8 Å². The Labute approximate surface area is 156 Å². The summed E-state index contributed by atoms with van der Waals surface area (Å²) in [6.45, 7) is 4.24. The quantitative estimate of drug-likeness (QED) is 0.417. The molecule has 11 heteroatoms. The smallest absolute Gasteiger partial charge is 0.420 e. The molecule has 1 aliphatic heterocycles. The highest BCUT2D eigenvalue weighted by Crippen LogP contribution is 2.63. The maximum absolute atomic E-state index is 15.2. The van der Waals surface area contributed by atoms with Gasteiger partial charge in [-0.3, -0.25) is 0 Å². The van der Waals surface area contributed by atoms with Crippen LogP contribution in [0.2, 0.25) is 0 Å². The lowest BCUT2D eigenvalue weighted by atomic mass is 9.65. The summed E-state index contributed by atoms with van der Waals surface area (Å²) in [5.74, 6) is -18.0. The molecule has 0 radical (unpaired) electrons. The molecule has 28 heavy (non-hydrogen) atoms. The number of ether oxygens (including phenoxy) is 2. The van der Waals surface area contributed by atoms with Crippen molar-refractivity contribution in [2.45, 2.75) is 81.5 Å². The Hall–Kier alpha value is -1.36. The second-order valence-corrected chi connectivity index (χ2v) is 7.46. The summed E-state index contributed by atoms with van der Waals surface area (Å²) in [6, 6.07) is 0. The van der Waals surface area contributed by atoms with Crippen molar-refractivity contribution >= 4 is 5.97 Å². The molecule has 162 valence electrons. The predicted octanol–water partition coefficient (Wildman–Crippen LogP) is 4.37. The number of carbonyl (C=O) groups is 1. The molecule has 0 aromatic rings. The Morgan fingerprint density at radius 3 is 2.07 bits per heavy atom. The Morgan fingerprint density at radius 1 is 1.14 bits per heavy atom. The van der Waals surface area contributed by atoms with Gasteiger partial charge in [0, 0.05) is 11.5 Å². The fourth-order valence-corrected chi connectivity index (χ4v) is 3.88. The first-order chi connectivity index (χ1) is 12.5. The standard InChI is InChI=1S/C17H21F7O4/c1-9(2)11(25)27-14(10-7-5-4-6-8-10)15(18,19)12(16(20,21)22)28-13(3,26)17(14,23)24/h10,12,26H,1,4-8H2,2-3H3. The Kier molecular flexibility index (Phi) is 5.62. The van der Waals surface area contributed by atoms with Gasteiger partial charge in [0.05, 0.1) is 0 Å². The molecule has 2 rings (SSSR count). The highest BCUT2D eigenvalue weighted by atomic mass is 19.4. The molecule has 1 heterocycles. The van der Waals surface area contributed by atoms with E-state index in [1.165, 1.54) is 0 Å². The van der Waals surface area contributed by atoms with Crippen molar-refractivity contribution < 1.29 is 50.1 Å². The fraction of sp³-hybridized carbons (Fsp3) is 0.824. The maximum Gasteiger partial charge on any atom is 0.420 e. The molecule has 0 amide bonds. The van der Waals surface area contributed by atoms with Crippen LogP contribution in [0.1, 0.15) is 46.0 Å². The van der Waals surface area contributed by atoms with Gasteiger partial charge in [-0.1, -0.05) is 25.8 Å². The summed E-state index contributed by atoms with van der Waals surface area (Å²) in [5.41, 5.74) is -4.82. The van der Waals surface area contributed by atoms with Crippen LogP contribution in [-0.2, 0) is 14.3 Å². The van der Waals surface area contributed by atoms with Crippen molar-refractivity contribution in [3.63, 3.8) is 0 Å². The summed E-state index contributed by atoms with van der Waals surface area (Å²) in [5, 5.41) is 9.97. The molecule has 2 aliphatic rings. The third-order valence-electron chi connectivity index (χ3n) is 5.30. The Balaban J connectivity index is 2.80. The lowest BCUT2D eigenvalue weighted by Crippen LogP contribution is -2.82. The number of carbonyl (C=O) groups excluding carboxylic acids is 1. The largest absolute Gasteiger partial charge is 0.442 e. The van der Waals surface area contributed by atoms with E-state index in [2.05, 4.69) is 16.1 Å². The molecule has 0 bridgehead atoms. The number of alkyl halides is 7. The van der Waals surface area contributed by atoms with Crippen molar-refractivity contribution in [3.8, 4) is 0 Å². The first-order valence-corrected chi connectivity index (χ1v) is 8.63. The Bertz CT molecular complexity index is 638. The minimum Gasteiger partial charge on any atom is -0.442 e. The summed E-state index contributed by atoms with van der Waals surface area (Å²) in [7, 11) is 0. The van der Waals surface area contributed by atoms with Crippen LogP contribution in [0.15, 0.2) is 12.2 Å². The van der Waals surface area contributed by atoms with E-state index in [1.807, 2.05) is 0 Å². The zero-order chi connectivity index (χ0) is 21.8. The van der Waals surface area contributed by atoms with Gasteiger partial charge in [-0.2, -0.15) is 30.7 Å². The van der Waals surface area contributed by atoms with Gasteiger partial charge in [-0.25, -0.2) is 4.79 Å². The summed E-state index contributed by atoms with van der Waals surface area (Å²) in [6.07, 6.45) is -9.77. The lowest BCUT2D eigenvalue weighted by molar-refractivity contribution is -0.491. The molecule has 0 aromatic carbocycles. The normalized spacial score (nSPS) is 36.0. The average Bonchev–Trinajstić information content (AvgIpc) is 2.55. The zero-order valence-electron chi connectivity index (χ0n) is 15.2. The molecular weight excluding hydrogens is 401 g/mol. The van der Waals surface area contributed by atoms with E-state index in [0.29, 0.717) is 6.42 Å². The minimum absolute atomic E-state index is 0.146. The molecular formula is C17H21F7O4. The number of hydrogen-bond acceptors (Lipinski definition) is 4. The van der Waals surface area contributed by atoms with Crippen LogP contribution >= 0.6 is 0 Å². The van der Waals surface area contributed by atoms with Gasteiger partial charge < -0.3 is 14.6 Å². The van der Waals surface area contributed by atoms with Crippen LogP contribution in [0.5, 0.6) is 0 Å². The first-order valence-electron chi connectivity index (χ1n) is 8.63. The van der Waals surface area contributed by atoms with Gasteiger partial charge in [0.15, 0.2) is 0 Å². The van der Waals surface area contributed by atoms with Gasteiger partial charge in [0.2, 0.25) is 17.5 Å². The van der Waals surface area contributed by atoms with Gasteiger partial charge in [-0.05, 0) is 26.7 Å². The van der Waals surface area contributed by atoms with E-state index in [0.717, 1.165) is 6.92 Å². The molecule has 1 aliphatic carbocycles. The SMILES string of the molecule is C=C(C)C(=O)OC1(C2CCCCC2)C(F)(F)C(C(F)(F)F)OC(C)(O)C1(F)F. The van der Waals surface area contributed by atoms with Gasteiger partial charge in [0.25, 0.3) is 0 Å². The second kappa shape index (κ2) is 6.86. The Morgan fingerprint density at radius 2 is 1.64 bits per heavy atom. The van der Waals surface area contributed by atoms with Crippen LogP contribution in [0.3, 0.4) is 0 Å².